The molecule has 1 saturated heterocycles. The smallest absolute Gasteiger partial charge is 0.242 e. The summed E-state index contributed by atoms with van der Waals surface area (Å²) < 4.78 is 39.9. The van der Waals surface area contributed by atoms with Crippen LogP contribution in [-0.2, 0) is 10.0 Å². The van der Waals surface area contributed by atoms with Gasteiger partial charge in [-0.25, -0.2) is 18.1 Å². The van der Waals surface area contributed by atoms with Crippen LogP contribution in [0.2, 0.25) is 0 Å². The van der Waals surface area contributed by atoms with E-state index in [1.807, 2.05) is 25.1 Å². The van der Waals surface area contributed by atoms with Gasteiger partial charge < -0.3 is 20.1 Å². The van der Waals surface area contributed by atoms with Crippen molar-refractivity contribution in [3.05, 3.63) is 53.1 Å². The summed E-state index contributed by atoms with van der Waals surface area (Å²) in [5.74, 6) is 2.07. The van der Waals surface area contributed by atoms with E-state index in [2.05, 4.69) is 60.0 Å². The zero-order valence-corrected chi connectivity index (χ0v) is 24.3. The van der Waals surface area contributed by atoms with Crippen molar-refractivity contribution in [3.63, 3.8) is 0 Å². The van der Waals surface area contributed by atoms with Gasteiger partial charge in [0.2, 0.25) is 16.0 Å². The first-order chi connectivity index (χ1) is 18.2. The van der Waals surface area contributed by atoms with Crippen LogP contribution in [0.5, 0.6) is 11.5 Å². The number of aromatic nitrogens is 2. The summed E-state index contributed by atoms with van der Waals surface area (Å²) >= 11 is 3.44. The average molecular weight is 606 g/mol. The van der Waals surface area contributed by atoms with Gasteiger partial charge in [0.15, 0.2) is 0 Å². The quantitative estimate of drug-likeness (QED) is 0.281. The molecular weight excluding hydrogens is 572 g/mol. The van der Waals surface area contributed by atoms with Crippen LogP contribution in [-0.4, -0.2) is 62.2 Å². The van der Waals surface area contributed by atoms with Gasteiger partial charge >= 0.3 is 0 Å². The predicted molar refractivity (Wildman–Crippen MR) is 152 cm³/mol. The van der Waals surface area contributed by atoms with Crippen molar-refractivity contribution in [3.8, 4) is 11.5 Å². The third kappa shape index (κ3) is 6.73. The van der Waals surface area contributed by atoms with Crippen LogP contribution in [0.4, 0.5) is 23.1 Å². The second-order valence-electron chi connectivity index (χ2n) is 9.05. The summed E-state index contributed by atoms with van der Waals surface area (Å²) in [5.41, 5.74) is 1.06. The second kappa shape index (κ2) is 12.3. The van der Waals surface area contributed by atoms with Gasteiger partial charge in [0.05, 0.1) is 22.5 Å². The number of hydrogen-bond acceptors (Lipinski definition) is 9. The molecule has 0 amide bonds. The molecule has 1 fully saturated rings. The zero-order valence-electron chi connectivity index (χ0n) is 21.9. The first-order valence-electron chi connectivity index (χ1n) is 12.5. The molecule has 1 aromatic heterocycles. The lowest BCUT2D eigenvalue weighted by Crippen LogP contribution is -2.30. The topological polar surface area (TPSA) is 118 Å². The molecule has 10 nitrogen and oxygen atoms in total. The maximum absolute atomic E-state index is 12.5. The van der Waals surface area contributed by atoms with E-state index in [1.54, 1.807) is 24.4 Å². The van der Waals surface area contributed by atoms with E-state index in [1.165, 1.54) is 13.1 Å². The minimum absolute atomic E-state index is 0.107. The van der Waals surface area contributed by atoms with E-state index >= 15 is 0 Å². The molecule has 1 unspecified atom stereocenters. The molecule has 3 N–H and O–H groups in total. The van der Waals surface area contributed by atoms with E-state index in [9.17, 15) is 8.42 Å². The van der Waals surface area contributed by atoms with Crippen molar-refractivity contribution in [1.29, 1.82) is 0 Å². The molecule has 4 rings (SSSR count). The largest absolute Gasteiger partial charge is 0.492 e. The summed E-state index contributed by atoms with van der Waals surface area (Å²) in [7, 11) is -2.30. The number of halogens is 1. The molecule has 38 heavy (non-hydrogen) atoms. The summed E-state index contributed by atoms with van der Waals surface area (Å²) in [6.07, 6.45) is 2.72. The van der Waals surface area contributed by atoms with Gasteiger partial charge in [0, 0.05) is 31.4 Å². The third-order valence-corrected chi connectivity index (χ3v) is 8.20. The van der Waals surface area contributed by atoms with Crippen LogP contribution in [0.15, 0.2) is 58.0 Å². The Hall–Kier alpha value is -2.93. The Kier molecular flexibility index (Phi) is 9.08. The van der Waals surface area contributed by atoms with Crippen LogP contribution in [0.25, 0.3) is 0 Å². The standard InChI is InChI=1S/C26H33BrN6O4S/c1-5-36-23-14-18(37-19-12-13-33(16-19)17(2)3)10-11-21(23)31-26-29-15-20(27)25(32-26)30-22-8-6-7-9-24(22)38(34,35)28-4/h6-11,14-15,17,19,28H,5,12-13,16H2,1-4H3,(H2,29,30,31,32). The number of para-hydroxylation sites is 1. The second-order valence-corrected chi connectivity index (χ2v) is 11.8. The normalized spacial score (nSPS) is 16.0. The van der Waals surface area contributed by atoms with E-state index < -0.39 is 10.0 Å². The number of nitrogens with one attached hydrogen (secondary N) is 3. The Morgan fingerprint density at radius 3 is 2.66 bits per heavy atom. The maximum atomic E-state index is 12.5. The number of benzene rings is 2. The zero-order chi connectivity index (χ0) is 27.3. The van der Waals surface area contributed by atoms with E-state index in [-0.39, 0.29) is 11.0 Å². The molecule has 0 radical (unpaired) electrons. The van der Waals surface area contributed by atoms with Crippen molar-refractivity contribution in [2.75, 3.05) is 37.4 Å². The first-order valence-corrected chi connectivity index (χ1v) is 14.7. The van der Waals surface area contributed by atoms with Crippen LogP contribution in [0.3, 0.4) is 0 Å². The highest BCUT2D eigenvalue weighted by Crippen LogP contribution is 2.34. The Bertz CT molecular complexity index is 1370. The fourth-order valence-corrected chi connectivity index (χ4v) is 5.32. The van der Waals surface area contributed by atoms with Gasteiger partial charge in [0.25, 0.3) is 0 Å². The number of nitrogens with zero attached hydrogens (tertiary/aromatic N) is 3. The lowest BCUT2D eigenvalue weighted by atomic mass is 10.2. The van der Waals surface area contributed by atoms with Gasteiger partial charge in [-0.05, 0) is 74.4 Å². The minimum atomic E-state index is -3.67. The molecule has 12 heteroatoms. The van der Waals surface area contributed by atoms with Crippen molar-refractivity contribution in [2.45, 2.75) is 44.2 Å². The van der Waals surface area contributed by atoms with Crippen molar-refractivity contribution in [1.82, 2.24) is 19.6 Å². The third-order valence-electron chi connectivity index (χ3n) is 6.15. The monoisotopic (exact) mass is 604 g/mol. The van der Waals surface area contributed by atoms with E-state index in [0.29, 0.717) is 46.0 Å². The summed E-state index contributed by atoms with van der Waals surface area (Å²) in [6, 6.07) is 12.8. The van der Waals surface area contributed by atoms with Gasteiger partial charge in [-0.1, -0.05) is 12.1 Å². The fourth-order valence-electron chi connectivity index (χ4n) is 4.14. The van der Waals surface area contributed by atoms with Gasteiger partial charge in [0.1, 0.15) is 28.3 Å². The Balaban J connectivity index is 1.54. The number of anilines is 4. The van der Waals surface area contributed by atoms with Crippen molar-refractivity contribution >= 4 is 49.1 Å². The molecule has 204 valence electrons. The van der Waals surface area contributed by atoms with Crippen LogP contribution < -0.4 is 24.8 Å². The molecule has 0 spiro atoms. The molecular formula is C26H33BrN6O4S. The summed E-state index contributed by atoms with van der Waals surface area (Å²) in [4.78, 5) is 11.4. The summed E-state index contributed by atoms with van der Waals surface area (Å²) in [5, 5.41) is 6.30. The van der Waals surface area contributed by atoms with Gasteiger partial charge in [-0.3, -0.25) is 4.90 Å². The molecule has 2 heterocycles. The predicted octanol–water partition coefficient (Wildman–Crippen LogP) is 4.89. The molecule has 1 atom stereocenters. The summed E-state index contributed by atoms with van der Waals surface area (Å²) in [6.45, 7) is 8.73. The van der Waals surface area contributed by atoms with E-state index in [0.717, 1.165) is 25.3 Å². The van der Waals surface area contributed by atoms with Crippen LogP contribution in [0, 0.1) is 0 Å². The molecule has 0 bridgehead atoms. The number of ether oxygens (including phenoxy) is 2. The SMILES string of the molecule is CCOc1cc(OC2CCN(C(C)C)C2)ccc1Nc1ncc(Br)c(Nc2ccccc2S(=O)(=O)NC)n1. The minimum Gasteiger partial charge on any atom is -0.492 e. The highest BCUT2D eigenvalue weighted by atomic mass is 79.9. The van der Waals surface area contributed by atoms with Gasteiger partial charge in [-0.2, -0.15) is 4.98 Å². The first kappa shape index (κ1) is 28.1. The van der Waals surface area contributed by atoms with E-state index in [4.69, 9.17) is 9.47 Å². The maximum Gasteiger partial charge on any atom is 0.242 e. The molecule has 2 aromatic carbocycles. The van der Waals surface area contributed by atoms with Crippen molar-refractivity contribution < 1.29 is 17.9 Å². The number of likely N-dealkylation sites (tertiary alicyclic amines) is 1. The Morgan fingerprint density at radius 2 is 1.95 bits per heavy atom. The lowest BCUT2D eigenvalue weighted by molar-refractivity contribution is 0.186. The average Bonchev–Trinajstić information content (AvgIpc) is 3.37. The number of sulfonamides is 1. The molecule has 0 saturated carbocycles. The molecule has 1 aliphatic heterocycles. The molecule has 3 aromatic rings. The van der Waals surface area contributed by atoms with Crippen molar-refractivity contribution in [2.24, 2.45) is 0 Å². The van der Waals surface area contributed by atoms with Crippen LogP contribution in [0.1, 0.15) is 27.2 Å². The Labute approximate surface area is 232 Å². The molecule has 0 aliphatic carbocycles. The highest BCUT2D eigenvalue weighted by Gasteiger charge is 2.26. The molecule has 1 aliphatic rings. The lowest BCUT2D eigenvalue weighted by Gasteiger charge is -2.21. The number of hydrogen-bond donors (Lipinski definition) is 3. The fraction of sp³-hybridized carbons (Fsp3) is 0.385. The highest BCUT2D eigenvalue weighted by molar-refractivity contribution is 9.10. The Morgan fingerprint density at radius 1 is 1.16 bits per heavy atom. The van der Waals surface area contributed by atoms with Gasteiger partial charge in [-0.15, -0.1) is 0 Å². The van der Waals surface area contributed by atoms with Crippen LogP contribution >= 0.6 is 15.9 Å². The number of rotatable bonds is 11.